The second kappa shape index (κ2) is 18.4. The van der Waals surface area contributed by atoms with E-state index in [9.17, 15) is 19.2 Å². The Morgan fingerprint density at radius 1 is 0.887 bits per heavy atom. The molecule has 10 atom stereocenters. The summed E-state index contributed by atoms with van der Waals surface area (Å²) in [7, 11) is 1.54. The van der Waals surface area contributed by atoms with Gasteiger partial charge in [0.05, 0.1) is 13.0 Å². The highest BCUT2D eigenvalue weighted by atomic mass is 16.6. The zero-order chi connectivity index (χ0) is 38.3. The normalized spacial score (nSPS) is 34.0. The summed E-state index contributed by atoms with van der Waals surface area (Å²) in [5.41, 5.74) is 2.29. The number of allylic oxidation sites excluding steroid dienone is 1. The Balaban J connectivity index is 0.985. The van der Waals surface area contributed by atoms with Gasteiger partial charge in [0.25, 0.3) is 0 Å². The van der Waals surface area contributed by atoms with Gasteiger partial charge in [0.15, 0.2) is 0 Å². The van der Waals surface area contributed by atoms with E-state index in [1.54, 1.807) is 10.5 Å². The molecule has 3 amide bonds. The Kier molecular flexibility index (Phi) is 14.4. The monoisotopic (exact) mass is 740 g/mol. The molecule has 1 aliphatic heterocycles. The fourth-order valence-corrected chi connectivity index (χ4v) is 11.9. The summed E-state index contributed by atoms with van der Waals surface area (Å²) in [6.07, 6.45) is 19.3. The molecular formula is C44H73N3O6. The lowest BCUT2D eigenvalue weighted by Crippen LogP contribution is -2.51. The number of carbonyl (C=O) groups excluding carboxylic acids is 4. The van der Waals surface area contributed by atoms with Gasteiger partial charge in [0.1, 0.15) is 12.2 Å². The summed E-state index contributed by atoms with van der Waals surface area (Å²) in [4.78, 5) is 51.0. The second-order valence-corrected chi connectivity index (χ2v) is 18.7. The highest BCUT2D eigenvalue weighted by molar-refractivity contribution is 5.81. The minimum Gasteiger partial charge on any atom is -0.460 e. The Bertz CT molecular complexity index is 1320. The molecule has 0 aromatic heterocycles. The molecule has 9 nitrogen and oxygen atoms in total. The topological polar surface area (TPSA) is 114 Å². The van der Waals surface area contributed by atoms with Crippen molar-refractivity contribution >= 4 is 23.9 Å². The quantitative estimate of drug-likeness (QED) is 0.0930. The van der Waals surface area contributed by atoms with Crippen molar-refractivity contribution in [2.24, 2.45) is 46.3 Å². The van der Waals surface area contributed by atoms with Gasteiger partial charge in [-0.15, -0.1) is 0 Å². The van der Waals surface area contributed by atoms with Crippen LogP contribution in [-0.2, 0) is 23.9 Å². The minimum atomic E-state index is -0.404. The maximum atomic E-state index is 12.9. The van der Waals surface area contributed by atoms with Crippen LogP contribution in [0.5, 0.6) is 0 Å². The lowest BCUT2D eigenvalue weighted by molar-refractivity contribution is -0.150. The van der Waals surface area contributed by atoms with Crippen LogP contribution in [-0.4, -0.2) is 67.2 Å². The number of alkyl carbamates (subject to hydrolysis) is 1. The Labute approximate surface area is 320 Å². The first-order chi connectivity index (χ1) is 25.2. The van der Waals surface area contributed by atoms with E-state index in [-0.39, 0.29) is 54.4 Å². The number of nitrogens with one attached hydrogen (secondary N) is 2. The predicted octanol–water partition coefficient (Wildman–Crippen LogP) is 8.74. The van der Waals surface area contributed by atoms with Gasteiger partial charge in [0, 0.05) is 45.3 Å². The molecule has 1 heterocycles. The van der Waals surface area contributed by atoms with E-state index in [0.29, 0.717) is 31.3 Å². The zero-order valence-corrected chi connectivity index (χ0v) is 34.3. The third-order valence-electron chi connectivity index (χ3n) is 14.9. The summed E-state index contributed by atoms with van der Waals surface area (Å²) in [6, 6.07) is 0.00992. The number of esters is 1. The van der Waals surface area contributed by atoms with Crippen LogP contribution in [0.15, 0.2) is 11.6 Å². The number of hydrogen-bond donors (Lipinski definition) is 2. The van der Waals surface area contributed by atoms with Crippen molar-refractivity contribution < 1.29 is 28.7 Å². The SMILES string of the molecule is CNC(=O)CCC(=O)O[C@@H]1C[C@@H](C)N(C(=O)CCCCCNC(=O)O[C@H]2CC[C@@]3(C)C(=CCC4C3CC[C@@]3(C)C4CC[C@@H]3[C@H](C)CCCC(C)C)C2)C1. The molecule has 9 heteroatoms. The summed E-state index contributed by atoms with van der Waals surface area (Å²) in [5, 5.41) is 5.46. The zero-order valence-electron chi connectivity index (χ0n) is 34.3. The first-order valence-electron chi connectivity index (χ1n) is 21.6. The van der Waals surface area contributed by atoms with Crippen molar-refractivity contribution in [2.75, 3.05) is 20.1 Å². The molecule has 5 rings (SSSR count). The number of carbonyl (C=O) groups is 4. The van der Waals surface area contributed by atoms with Gasteiger partial charge in [-0.1, -0.05) is 72.0 Å². The number of hydrogen-bond acceptors (Lipinski definition) is 6. The molecule has 3 unspecified atom stereocenters. The Morgan fingerprint density at radius 3 is 2.43 bits per heavy atom. The molecule has 0 spiro atoms. The second-order valence-electron chi connectivity index (χ2n) is 18.7. The van der Waals surface area contributed by atoms with Crippen LogP contribution >= 0.6 is 0 Å². The standard InChI is InChI=1S/C44H73N3O6/c1-29(2)12-11-13-30(3)36-17-18-37-35-16-15-32-27-33(21-23-43(32,5)38(35)22-24-44(36,37)6)53-42(51)46-25-10-8-9-14-40(49)47-28-34(26-31(47)4)52-41(50)20-19-39(48)45-7/h15,29-31,33-38H,8-14,16-28H2,1-7H3,(H,45,48)(H,46,51)/t30-,31-,33+,34-,35?,36-,37?,38?,43+,44-/m1/s1. The molecule has 0 aromatic carbocycles. The molecule has 4 fully saturated rings. The van der Waals surface area contributed by atoms with Crippen molar-refractivity contribution in [3.8, 4) is 0 Å². The first-order valence-corrected chi connectivity index (χ1v) is 21.6. The molecule has 5 aliphatic rings. The largest absolute Gasteiger partial charge is 0.460 e. The lowest BCUT2D eigenvalue weighted by Gasteiger charge is -2.58. The molecule has 4 aliphatic carbocycles. The Morgan fingerprint density at radius 2 is 1.68 bits per heavy atom. The van der Waals surface area contributed by atoms with Crippen LogP contribution in [0.25, 0.3) is 0 Å². The molecule has 0 aromatic rings. The fourth-order valence-electron chi connectivity index (χ4n) is 11.9. The van der Waals surface area contributed by atoms with E-state index in [1.807, 2.05) is 6.92 Å². The maximum absolute atomic E-state index is 12.9. The van der Waals surface area contributed by atoms with Gasteiger partial charge in [-0.3, -0.25) is 14.4 Å². The molecule has 300 valence electrons. The molecule has 0 radical (unpaired) electrons. The summed E-state index contributed by atoms with van der Waals surface area (Å²) in [6.45, 7) is 15.4. The number of nitrogens with zero attached hydrogens (tertiary/aromatic N) is 1. The van der Waals surface area contributed by atoms with Crippen LogP contribution in [0.1, 0.15) is 157 Å². The van der Waals surface area contributed by atoms with Crippen molar-refractivity contribution in [3.05, 3.63) is 11.6 Å². The third-order valence-corrected chi connectivity index (χ3v) is 14.9. The molecule has 3 saturated carbocycles. The van der Waals surface area contributed by atoms with Gasteiger partial charge in [-0.05, 0) is 111 Å². The highest BCUT2D eigenvalue weighted by Gasteiger charge is 2.59. The van der Waals surface area contributed by atoms with E-state index >= 15 is 0 Å². The fraction of sp³-hybridized carbons (Fsp3) is 0.864. The van der Waals surface area contributed by atoms with Crippen LogP contribution in [0.3, 0.4) is 0 Å². The van der Waals surface area contributed by atoms with Gasteiger partial charge < -0.3 is 25.0 Å². The van der Waals surface area contributed by atoms with E-state index < -0.39 is 5.97 Å². The van der Waals surface area contributed by atoms with Crippen molar-refractivity contribution in [3.63, 3.8) is 0 Å². The van der Waals surface area contributed by atoms with Crippen LogP contribution in [0, 0.1) is 46.3 Å². The summed E-state index contributed by atoms with van der Waals surface area (Å²) < 4.78 is 11.5. The minimum absolute atomic E-state index is 0.00992. The van der Waals surface area contributed by atoms with Gasteiger partial charge >= 0.3 is 12.1 Å². The molecule has 53 heavy (non-hydrogen) atoms. The van der Waals surface area contributed by atoms with Crippen LogP contribution in [0.4, 0.5) is 4.79 Å². The van der Waals surface area contributed by atoms with Gasteiger partial charge in [-0.25, -0.2) is 4.79 Å². The summed E-state index contributed by atoms with van der Waals surface area (Å²) >= 11 is 0. The number of fused-ring (bicyclic) bond motifs is 5. The van der Waals surface area contributed by atoms with Gasteiger partial charge in [-0.2, -0.15) is 0 Å². The number of likely N-dealkylation sites (tertiary alicyclic amines) is 1. The molecule has 0 bridgehead atoms. The van der Waals surface area contributed by atoms with E-state index in [0.717, 1.165) is 74.0 Å². The molecular weight excluding hydrogens is 666 g/mol. The predicted molar refractivity (Wildman–Crippen MR) is 209 cm³/mol. The number of unbranched alkanes of at least 4 members (excludes halogenated alkanes) is 2. The molecule has 1 saturated heterocycles. The summed E-state index contributed by atoms with van der Waals surface area (Å²) in [5.74, 6) is 4.41. The molecule has 2 N–H and O–H groups in total. The first kappa shape index (κ1) is 41.6. The highest BCUT2D eigenvalue weighted by Crippen LogP contribution is 2.67. The van der Waals surface area contributed by atoms with Crippen LogP contribution in [0.2, 0.25) is 0 Å². The Hall–Kier alpha value is -2.58. The van der Waals surface area contributed by atoms with E-state index in [4.69, 9.17) is 9.47 Å². The average Bonchev–Trinajstić information content (AvgIpc) is 3.67. The van der Waals surface area contributed by atoms with E-state index in [2.05, 4.69) is 51.3 Å². The third kappa shape index (κ3) is 10.00. The van der Waals surface area contributed by atoms with Crippen molar-refractivity contribution in [1.29, 1.82) is 0 Å². The van der Waals surface area contributed by atoms with Gasteiger partial charge in [0.2, 0.25) is 11.8 Å². The number of amides is 3. The van der Waals surface area contributed by atoms with E-state index in [1.165, 1.54) is 58.4 Å². The number of ether oxygens (including phenoxy) is 2. The smallest absolute Gasteiger partial charge is 0.407 e. The maximum Gasteiger partial charge on any atom is 0.407 e. The van der Waals surface area contributed by atoms with Crippen molar-refractivity contribution in [2.45, 2.75) is 175 Å². The lowest BCUT2D eigenvalue weighted by atomic mass is 9.47. The van der Waals surface area contributed by atoms with Crippen LogP contribution < -0.4 is 10.6 Å². The van der Waals surface area contributed by atoms with Crippen molar-refractivity contribution in [1.82, 2.24) is 15.5 Å². The average molecular weight is 740 g/mol. The number of rotatable bonds is 16.